The predicted octanol–water partition coefficient (Wildman–Crippen LogP) is 3.90. The monoisotopic (exact) mass is 417 g/mol. The van der Waals surface area contributed by atoms with E-state index in [1.54, 1.807) is 6.92 Å². The van der Waals surface area contributed by atoms with Crippen molar-refractivity contribution in [3.05, 3.63) is 28.2 Å². The first-order chi connectivity index (χ1) is 13.9. The summed E-state index contributed by atoms with van der Waals surface area (Å²) in [5.41, 5.74) is 1.47. The number of hydrogen-bond acceptors (Lipinski definition) is 5. The number of carbonyl (C=O) groups excluding carboxylic acids is 2. The highest BCUT2D eigenvalue weighted by atomic mass is 32.1. The number of ether oxygens (including phenoxy) is 1. The zero-order valence-corrected chi connectivity index (χ0v) is 17.6. The first-order valence-corrected chi connectivity index (χ1v) is 11.3. The van der Waals surface area contributed by atoms with E-state index in [-0.39, 0.29) is 24.3 Å². The molecular weight excluding hydrogens is 390 g/mol. The average Bonchev–Trinajstić information content (AvgIpc) is 3.39. The second-order valence-electron chi connectivity index (χ2n) is 8.27. The van der Waals surface area contributed by atoms with Crippen molar-refractivity contribution in [2.45, 2.75) is 46.0 Å². The van der Waals surface area contributed by atoms with E-state index in [1.165, 1.54) is 11.3 Å². The van der Waals surface area contributed by atoms with E-state index >= 15 is 0 Å². The van der Waals surface area contributed by atoms with Gasteiger partial charge in [-0.3, -0.25) is 9.59 Å². The van der Waals surface area contributed by atoms with Gasteiger partial charge in [0.2, 0.25) is 5.91 Å². The minimum absolute atomic E-state index is 0.0498. The number of carboxylic acids is 1. The fraction of sp³-hybridized carbons (Fsp3) is 0.591. The van der Waals surface area contributed by atoms with Gasteiger partial charge >= 0.3 is 11.9 Å². The second-order valence-corrected chi connectivity index (χ2v) is 9.38. The summed E-state index contributed by atoms with van der Waals surface area (Å²) in [6, 6.07) is 0. The summed E-state index contributed by atoms with van der Waals surface area (Å²) >= 11 is 1.45. The molecule has 156 valence electrons. The molecule has 0 saturated heterocycles. The number of hydrogen-bond donors (Lipinski definition) is 2. The highest BCUT2D eigenvalue weighted by molar-refractivity contribution is 7.17. The molecule has 1 aromatic heterocycles. The molecule has 1 saturated carbocycles. The standard InChI is InChI=1S/C22H27NO5S/c1-3-11-5-8-14-15(9-11)29-20(18(14)22(27)28-4-2)23-19(24)16-12-6-7-13(10-12)17(16)21(25)26/h6-7,11-13,16-17H,3-5,8-10H2,1-2H3,(H,23,24)(H,25,26)/t11-,12-,13-,16-,17-/m0/s1. The Hall–Kier alpha value is -2.15. The average molecular weight is 418 g/mol. The van der Waals surface area contributed by atoms with Gasteiger partial charge in [-0.2, -0.15) is 0 Å². The molecule has 2 bridgehead atoms. The van der Waals surface area contributed by atoms with Crippen LogP contribution in [0, 0.1) is 29.6 Å². The van der Waals surface area contributed by atoms with Crippen LogP contribution in [-0.4, -0.2) is 29.6 Å². The molecule has 7 heteroatoms. The van der Waals surface area contributed by atoms with E-state index in [0.717, 1.165) is 36.1 Å². The molecule has 1 heterocycles. The Morgan fingerprint density at radius 2 is 1.93 bits per heavy atom. The van der Waals surface area contributed by atoms with Crippen LogP contribution in [-0.2, 0) is 27.2 Å². The van der Waals surface area contributed by atoms with Crippen LogP contribution in [0.4, 0.5) is 5.00 Å². The third kappa shape index (κ3) is 3.50. The highest BCUT2D eigenvalue weighted by Gasteiger charge is 2.51. The van der Waals surface area contributed by atoms with Gasteiger partial charge in [0.05, 0.1) is 24.0 Å². The first kappa shape index (κ1) is 20.1. The van der Waals surface area contributed by atoms with Crippen LogP contribution >= 0.6 is 11.3 Å². The molecule has 4 rings (SSSR count). The van der Waals surface area contributed by atoms with E-state index in [4.69, 9.17) is 4.74 Å². The van der Waals surface area contributed by atoms with Crippen LogP contribution in [0.5, 0.6) is 0 Å². The van der Waals surface area contributed by atoms with Crippen molar-refractivity contribution in [3.8, 4) is 0 Å². The molecule has 0 aromatic carbocycles. The van der Waals surface area contributed by atoms with Crippen molar-refractivity contribution in [1.29, 1.82) is 0 Å². The molecule has 29 heavy (non-hydrogen) atoms. The number of fused-ring (bicyclic) bond motifs is 3. The number of carboxylic acid groups (broad SMARTS) is 1. The number of allylic oxidation sites excluding steroid dienone is 2. The van der Waals surface area contributed by atoms with E-state index in [1.807, 2.05) is 12.2 Å². The summed E-state index contributed by atoms with van der Waals surface area (Å²) in [6.45, 7) is 4.21. The molecule has 3 aliphatic carbocycles. The molecule has 6 nitrogen and oxygen atoms in total. The molecular formula is C22H27NO5S. The largest absolute Gasteiger partial charge is 0.481 e. The molecule has 1 aromatic rings. The Morgan fingerprint density at radius 1 is 1.21 bits per heavy atom. The topological polar surface area (TPSA) is 92.7 Å². The van der Waals surface area contributed by atoms with Crippen LogP contribution in [0.1, 0.15) is 53.9 Å². The van der Waals surface area contributed by atoms with Gasteiger partial charge in [0.25, 0.3) is 0 Å². The normalized spacial score (nSPS) is 29.5. The number of thiophene rings is 1. The van der Waals surface area contributed by atoms with Crippen LogP contribution in [0.3, 0.4) is 0 Å². The first-order valence-electron chi connectivity index (χ1n) is 10.5. The summed E-state index contributed by atoms with van der Waals surface area (Å²) in [4.78, 5) is 38.7. The summed E-state index contributed by atoms with van der Waals surface area (Å²) in [6.07, 6.45) is 8.43. The van der Waals surface area contributed by atoms with Gasteiger partial charge in [-0.15, -0.1) is 11.3 Å². The van der Waals surface area contributed by atoms with E-state index in [9.17, 15) is 19.5 Å². The van der Waals surface area contributed by atoms with Gasteiger partial charge in [-0.1, -0.05) is 25.5 Å². The van der Waals surface area contributed by atoms with E-state index in [2.05, 4.69) is 12.2 Å². The van der Waals surface area contributed by atoms with Gasteiger partial charge in [-0.05, 0) is 55.9 Å². The number of esters is 1. The van der Waals surface area contributed by atoms with Crippen LogP contribution in [0.2, 0.25) is 0 Å². The Bertz CT molecular complexity index is 873. The number of rotatable bonds is 6. The number of carbonyl (C=O) groups is 3. The van der Waals surface area contributed by atoms with Crippen LogP contribution in [0.25, 0.3) is 0 Å². The lowest BCUT2D eigenvalue weighted by atomic mass is 9.82. The summed E-state index contributed by atoms with van der Waals surface area (Å²) in [5, 5.41) is 13.1. The van der Waals surface area contributed by atoms with Crippen molar-refractivity contribution in [2.75, 3.05) is 11.9 Å². The summed E-state index contributed by atoms with van der Waals surface area (Å²) in [5.74, 6) is -2.47. The molecule has 0 spiro atoms. The minimum atomic E-state index is -0.927. The van der Waals surface area contributed by atoms with Crippen molar-refractivity contribution < 1.29 is 24.2 Å². The summed E-state index contributed by atoms with van der Waals surface area (Å²) in [7, 11) is 0. The van der Waals surface area contributed by atoms with Crippen LogP contribution in [0.15, 0.2) is 12.2 Å². The SMILES string of the molecule is CCOC(=O)c1c(NC(=O)[C@@H]2[C@@H](C(=O)O)[C@H]3C=C[C@H]2C3)sc2c1CC[C@H](CC)C2. The Kier molecular flexibility index (Phi) is 5.51. The van der Waals surface area contributed by atoms with Gasteiger partial charge in [0, 0.05) is 4.88 Å². The lowest BCUT2D eigenvalue weighted by Gasteiger charge is -2.23. The Labute approximate surface area is 174 Å². The molecule has 1 amide bonds. The fourth-order valence-electron chi connectivity index (χ4n) is 5.22. The minimum Gasteiger partial charge on any atom is -0.481 e. The van der Waals surface area contributed by atoms with E-state index in [0.29, 0.717) is 22.9 Å². The molecule has 0 aliphatic heterocycles. The van der Waals surface area contributed by atoms with Crippen molar-refractivity contribution in [1.82, 2.24) is 0 Å². The summed E-state index contributed by atoms with van der Waals surface area (Å²) < 4.78 is 5.27. The smallest absolute Gasteiger partial charge is 0.341 e. The fourth-order valence-corrected chi connectivity index (χ4v) is 6.57. The number of aliphatic carboxylic acids is 1. The second kappa shape index (κ2) is 7.94. The highest BCUT2D eigenvalue weighted by Crippen LogP contribution is 2.49. The molecule has 0 radical (unpaired) electrons. The maximum atomic E-state index is 13.1. The van der Waals surface area contributed by atoms with Crippen molar-refractivity contribution >= 4 is 34.2 Å². The van der Waals surface area contributed by atoms with Gasteiger partial charge in [-0.25, -0.2) is 4.79 Å². The zero-order chi connectivity index (χ0) is 20.7. The third-order valence-corrected chi connectivity index (χ3v) is 7.88. The maximum Gasteiger partial charge on any atom is 0.341 e. The number of anilines is 1. The number of amides is 1. The lowest BCUT2D eigenvalue weighted by molar-refractivity contribution is -0.146. The zero-order valence-electron chi connectivity index (χ0n) is 16.8. The molecule has 5 atom stereocenters. The molecule has 3 aliphatic rings. The number of nitrogens with one attached hydrogen (secondary N) is 1. The van der Waals surface area contributed by atoms with Gasteiger partial charge in [0.15, 0.2) is 0 Å². The Morgan fingerprint density at radius 3 is 2.59 bits per heavy atom. The molecule has 2 N–H and O–H groups in total. The quantitative estimate of drug-likeness (QED) is 0.541. The third-order valence-electron chi connectivity index (χ3n) is 6.71. The predicted molar refractivity (Wildman–Crippen MR) is 110 cm³/mol. The van der Waals surface area contributed by atoms with Gasteiger partial charge < -0.3 is 15.2 Å². The van der Waals surface area contributed by atoms with Crippen LogP contribution < -0.4 is 5.32 Å². The maximum absolute atomic E-state index is 13.1. The molecule has 1 fully saturated rings. The molecule has 0 unspecified atom stereocenters. The Balaban J connectivity index is 1.63. The lowest BCUT2D eigenvalue weighted by Crippen LogP contribution is -2.36. The van der Waals surface area contributed by atoms with Gasteiger partial charge in [0.1, 0.15) is 5.00 Å². The van der Waals surface area contributed by atoms with Crippen molar-refractivity contribution in [3.63, 3.8) is 0 Å². The van der Waals surface area contributed by atoms with E-state index < -0.39 is 23.8 Å². The van der Waals surface area contributed by atoms with Crippen molar-refractivity contribution in [2.24, 2.45) is 29.6 Å².